The van der Waals surface area contributed by atoms with Crippen LogP contribution in [0.15, 0.2) is 42.5 Å². The summed E-state index contributed by atoms with van der Waals surface area (Å²) < 4.78 is 54.3. The number of benzene rings is 3. The Balaban J connectivity index is 0.000000240. The standard InChI is InChI=1S/2C8H8FIO.C8H9FO/c1-5-3-6(9)7(10)4-8(5)11-2;1-5-3-6(9)4-7(10)8(5)11-2;1-6-5-7(9)3-4-8(6)10-2/h2*3-4H,1-2H3;3-5H,1-2H3. The van der Waals surface area contributed by atoms with Gasteiger partial charge in [-0.1, -0.05) is 0 Å². The molecular formula is C24H25F3I2O3. The maximum atomic E-state index is 12.8. The zero-order valence-corrected chi connectivity index (χ0v) is 23.0. The molecule has 0 aliphatic carbocycles. The number of hydrogen-bond donors (Lipinski definition) is 0. The van der Waals surface area contributed by atoms with Crippen molar-refractivity contribution in [1.29, 1.82) is 0 Å². The number of methoxy groups -OCH3 is 3. The Bertz CT molecular complexity index is 1020. The summed E-state index contributed by atoms with van der Waals surface area (Å²) in [4.78, 5) is 0. The van der Waals surface area contributed by atoms with E-state index in [1.807, 2.05) is 66.0 Å². The lowest BCUT2D eigenvalue weighted by atomic mass is 10.2. The second kappa shape index (κ2) is 13.8. The number of aryl methyl sites for hydroxylation is 3. The molecule has 0 N–H and O–H groups in total. The van der Waals surface area contributed by atoms with Crippen molar-refractivity contribution in [3.63, 3.8) is 0 Å². The van der Waals surface area contributed by atoms with E-state index >= 15 is 0 Å². The Morgan fingerprint density at radius 3 is 1.66 bits per heavy atom. The van der Waals surface area contributed by atoms with E-state index in [2.05, 4.69) is 0 Å². The topological polar surface area (TPSA) is 27.7 Å². The molecule has 3 rings (SSSR count). The molecule has 3 nitrogen and oxygen atoms in total. The van der Waals surface area contributed by atoms with E-state index in [-0.39, 0.29) is 17.5 Å². The predicted molar refractivity (Wildman–Crippen MR) is 139 cm³/mol. The highest BCUT2D eigenvalue weighted by Crippen LogP contribution is 2.25. The van der Waals surface area contributed by atoms with Gasteiger partial charge in [-0.25, -0.2) is 13.2 Å². The van der Waals surface area contributed by atoms with E-state index < -0.39 is 0 Å². The summed E-state index contributed by atoms with van der Waals surface area (Å²) in [6.07, 6.45) is 0. The number of hydrogen-bond acceptors (Lipinski definition) is 3. The molecule has 0 radical (unpaired) electrons. The van der Waals surface area contributed by atoms with Gasteiger partial charge in [-0.2, -0.15) is 0 Å². The molecular weight excluding hydrogens is 647 g/mol. The SMILES string of the molecule is COc1c(C)cc(F)cc1I.COc1cc(I)c(F)cc1C.COc1ccc(F)cc1C. The van der Waals surface area contributed by atoms with Gasteiger partial charge in [0.25, 0.3) is 0 Å². The first kappa shape index (κ1) is 28.3. The van der Waals surface area contributed by atoms with Crippen molar-refractivity contribution in [1.82, 2.24) is 0 Å². The van der Waals surface area contributed by atoms with Crippen LogP contribution in [0.4, 0.5) is 13.2 Å². The van der Waals surface area contributed by atoms with E-state index in [1.165, 1.54) is 30.3 Å². The summed E-state index contributed by atoms with van der Waals surface area (Å²) in [5, 5.41) is 0. The molecule has 3 aromatic rings. The van der Waals surface area contributed by atoms with E-state index in [9.17, 15) is 13.2 Å². The smallest absolute Gasteiger partial charge is 0.137 e. The molecule has 0 spiro atoms. The van der Waals surface area contributed by atoms with Crippen LogP contribution in [0.2, 0.25) is 0 Å². The van der Waals surface area contributed by atoms with Crippen molar-refractivity contribution in [3.05, 3.63) is 83.7 Å². The molecule has 32 heavy (non-hydrogen) atoms. The lowest BCUT2D eigenvalue weighted by Gasteiger charge is -2.06. The Morgan fingerprint density at radius 1 is 0.594 bits per heavy atom. The van der Waals surface area contributed by atoms with E-state index in [0.29, 0.717) is 3.57 Å². The fourth-order valence-electron chi connectivity index (χ4n) is 2.64. The monoisotopic (exact) mass is 672 g/mol. The molecule has 0 heterocycles. The first-order valence-corrected chi connectivity index (χ1v) is 11.5. The third-order valence-corrected chi connectivity index (χ3v) is 5.82. The molecule has 0 saturated heterocycles. The summed E-state index contributed by atoms with van der Waals surface area (Å²) in [7, 11) is 4.74. The maximum Gasteiger partial charge on any atom is 0.137 e. The zero-order valence-electron chi connectivity index (χ0n) is 18.7. The third-order valence-electron chi connectivity index (χ3n) is 4.19. The molecule has 0 bridgehead atoms. The molecule has 174 valence electrons. The Kier molecular flexibility index (Phi) is 12.2. The van der Waals surface area contributed by atoms with Crippen LogP contribution in [0.25, 0.3) is 0 Å². The van der Waals surface area contributed by atoms with Gasteiger partial charge in [0.05, 0.1) is 28.5 Å². The van der Waals surface area contributed by atoms with Crippen molar-refractivity contribution < 1.29 is 27.4 Å². The minimum absolute atomic E-state index is 0.191. The molecule has 0 saturated carbocycles. The van der Waals surface area contributed by atoms with Crippen molar-refractivity contribution in [3.8, 4) is 17.2 Å². The summed E-state index contributed by atoms with van der Waals surface area (Å²) in [5.41, 5.74) is 2.48. The van der Waals surface area contributed by atoms with Gasteiger partial charge >= 0.3 is 0 Å². The minimum atomic E-state index is -0.224. The van der Waals surface area contributed by atoms with Gasteiger partial charge in [-0.15, -0.1) is 0 Å². The summed E-state index contributed by atoms with van der Waals surface area (Å²) >= 11 is 3.98. The summed E-state index contributed by atoms with van der Waals surface area (Å²) in [5.74, 6) is 1.58. The van der Waals surface area contributed by atoms with E-state index in [1.54, 1.807) is 33.5 Å². The van der Waals surface area contributed by atoms with Gasteiger partial charge in [0.15, 0.2) is 0 Å². The molecule has 0 unspecified atom stereocenters. The molecule has 0 aromatic heterocycles. The number of halogens is 5. The predicted octanol–water partition coefficient (Wildman–Crippen LogP) is 7.64. The minimum Gasteiger partial charge on any atom is -0.496 e. The average Bonchev–Trinajstić information content (AvgIpc) is 2.71. The van der Waals surface area contributed by atoms with Gasteiger partial charge < -0.3 is 14.2 Å². The van der Waals surface area contributed by atoms with Crippen LogP contribution in [-0.4, -0.2) is 21.3 Å². The highest BCUT2D eigenvalue weighted by atomic mass is 127. The summed E-state index contributed by atoms with van der Waals surface area (Å²) in [6.45, 7) is 5.45. The zero-order chi connectivity index (χ0) is 24.4. The van der Waals surface area contributed by atoms with Gasteiger partial charge in [0.2, 0.25) is 0 Å². The van der Waals surface area contributed by atoms with Crippen LogP contribution in [0.5, 0.6) is 17.2 Å². The van der Waals surface area contributed by atoms with Crippen LogP contribution in [0.1, 0.15) is 16.7 Å². The maximum absolute atomic E-state index is 12.8. The summed E-state index contributed by atoms with van der Waals surface area (Å²) in [6, 6.07) is 10.5. The highest BCUT2D eigenvalue weighted by molar-refractivity contribution is 14.1. The molecule has 8 heteroatoms. The first-order chi connectivity index (χ1) is 15.0. The highest BCUT2D eigenvalue weighted by Gasteiger charge is 2.05. The second-order valence-electron chi connectivity index (χ2n) is 6.59. The Labute approximate surface area is 214 Å². The van der Waals surface area contributed by atoms with Crippen LogP contribution in [0, 0.1) is 45.4 Å². The largest absolute Gasteiger partial charge is 0.496 e. The molecule has 0 amide bonds. The van der Waals surface area contributed by atoms with Gasteiger partial charge in [0, 0.05) is 0 Å². The molecule has 0 fully saturated rings. The Hall–Kier alpha value is -1.69. The second-order valence-corrected chi connectivity index (χ2v) is 8.91. The third kappa shape index (κ3) is 8.68. The average molecular weight is 672 g/mol. The molecule has 0 atom stereocenters. The van der Waals surface area contributed by atoms with Crippen LogP contribution in [-0.2, 0) is 0 Å². The number of ether oxygens (including phenoxy) is 3. The van der Waals surface area contributed by atoms with Crippen LogP contribution < -0.4 is 14.2 Å². The van der Waals surface area contributed by atoms with Crippen LogP contribution >= 0.6 is 45.2 Å². The molecule has 0 aliphatic heterocycles. The van der Waals surface area contributed by atoms with E-state index in [4.69, 9.17) is 14.2 Å². The van der Waals surface area contributed by atoms with Crippen molar-refractivity contribution in [2.45, 2.75) is 20.8 Å². The normalized spacial score (nSPS) is 9.72. The van der Waals surface area contributed by atoms with E-state index in [0.717, 1.165) is 37.5 Å². The fourth-order valence-corrected chi connectivity index (χ4v) is 4.02. The van der Waals surface area contributed by atoms with Gasteiger partial charge in [0.1, 0.15) is 34.7 Å². The van der Waals surface area contributed by atoms with Crippen molar-refractivity contribution in [2.75, 3.05) is 21.3 Å². The molecule has 3 aromatic carbocycles. The van der Waals surface area contributed by atoms with Gasteiger partial charge in [-0.3, -0.25) is 0 Å². The van der Waals surface area contributed by atoms with Crippen molar-refractivity contribution >= 4 is 45.2 Å². The quantitative estimate of drug-likeness (QED) is 0.268. The van der Waals surface area contributed by atoms with Gasteiger partial charge in [-0.05, 0) is 125 Å². The fraction of sp³-hybridized carbons (Fsp3) is 0.250. The van der Waals surface area contributed by atoms with Crippen molar-refractivity contribution in [2.24, 2.45) is 0 Å². The lowest BCUT2D eigenvalue weighted by Crippen LogP contribution is -1.91. The number of rotatable bonds is 3. The Morgan fingerprint density at radius 2 is 1.16 bits per heavy atom. The lowest BCUT2D eigenvalue weighted by molar-refractivity contribution is 0.407. The first-order valence-electron chi connectivity index (χ1n) is 9.33. The molecule has 0 aliphatic rings. The van der Waals surface area contributed by atoms with Crippen LogP contribution in [0.3, 0.4) is 0 Å².